The van der Waals surface area contributed by atoms with E-state index in [0.717, 1.165) is 25.2 Å². The highest BCUT2D eigenvalue weighted by Gasteiger charge is 2.13. The zero-order valence-corrected chi connectivity index (χ0v) is 11.8. The molecule has 0 radical (unpaired) electrons. The second-order valence-corrected chi connectivity index (χ2v) is 4.87. The van der Waals surface area contributed by atoms with Crippen LogP contribution in [0.25, 0.3) is 0 Å². The molecule has 18 heavy (non-hydrogen) atoms. The van der Waals surface area contributed by atoms with Gasteiger partial charge >= 0.3 is 0 Å². The van der Waals surface area contributed by atoms with Crippen LogP contribution >= 0.6 is 0 Å². The van der Waals surface area contributed by atoms with Gasteiger partial charge in [0.1, 0.15) is 12.0 Å². The molecule has 1 aromatic heterocycles. The van der Waals surface area contributed by atoms with E-state index in [9.17, 15) is 0 Å². The van der Waals surface area contributed by atoms with E-state index >= 15 is 0 Å². The van der Waals surface area contributed by atoms with Crippen molar-refractivity contribution in [2.45, 2.75) is 33.6 Å². The van der Waals surface area contributed by atoms with Crippen molar-refractivity contribution in [2.24, 2.45) is 5.92 Å². The Balaban J connectivity index is 2.75. The molecular formula is C13H24N4O. The van der Waals surface area contributed by atoms with Gasteiger partial charge in [-0.05, 0) is 18.8 Å². The number of ether oxygens (including phenoxy) is 1. The minimum atomic E-state index is 0.484. The highest BCUT2D eigenvalue weighted by atomic mass is 16.5. The Morgan fingerprint density at radius 2 is 2.11 bits per heavy atom. The van der Waals surface area contributed by atoms with Crippen LogP contribution < -0.4 is 15.4 Å². The molecule has 0 saturated heterocycles. The summed E-state index contributed by atoms with van der Waals surface area (Å²) in [5.74, 6) is 1.89. The fraction of sp³-hybridized carbons (Fsp3) is 0.692. The van der Waals surface area contributed by atoms with E-state index in [1.165, 1.54) is 6.33 Å². The van der Waals surface area contributed by atoms with Crippen LogP contribution in [-0.4, -0.2) is 30.2 Å². The van der Waals surface area contributed by atoms with Crippen LogP contribution in [-0.2, 0) is 0 Å². The highest BCUT2D eigenvalue weighted by molar-refractivity contribution is 5.67. The fourth-order valence-corrected chi connectivity index (χ4v) is 1.55. The highest BCUT2D eigenvalue weighted by Crippen LogP contribution is 2.27. The molecule has 1 rings (SSSR count). The van der Waals surface area contributed by atoms with Crippen LogP contribution in [0.15, 0.2) is 6.33 Å². The minimum absolute atomic E-state index is 0.484. The Kier molecular flexibility index (Phi) is 5.68. The Morgan fingerprint density at radius 1 is 1.39 bits per heavy atom. The largest absolute Gasteiger partial charge is 0.476 e. The van der Waals surface area contributed by atoms with Crippen molar-refractivity contribution in [2.75, 3.05) is 30.8 Å². The second-order valence-electron chi connectivity index (χ2n) is 4.87. The molecule has 102 valence electrons. The zero-order chi connectivity index (χ0) is 13.5. The number of nitrogen functional groups attached to an aromatic ring is 1. The Labute approximate surface area is 109 Å². The normalized spacial score (nSPS) is 10.7. The summed E-state index contributed by atoms with van der Waals surface area (Å²) in [5, 5.41) is 0. The van der Waals surface area contributed by atoms with Gasteiger partial charge in [-0.25, -0.2) is 4.98 Å². The van der Waals surface area contributed by atoms with Crippen LogP contribution in [0.2, 0.25) is 0 Å². The van der Waals surface area contributed by atoms with Gasteiger partial charge in [-0.1, -0.05) is 20.8 Å². The maximum absolute atomic E-state index is 6.04. The summed E-state index contributed by atoms with van der Waals surface area (Å²) in [4.78, 5) is 10.4. The van der Waals surface area contributed by atoms with Crippen LogP contribution in [0.4, 0.5) is 11.5 Å². The average Bonchev–Trinajstić information content (AvgIpc) is 2.34. The maximum atomic E-state index is 6.04. The maximum Gasteiger partial charge on any atom is 0.242 e. The van der Waals surface area contributed by atoms with Gasteiger partial charge in [0.15, 0.2) is 5.82 Å². The molecule has 0 aliphatic heterocycles. The van der Waals surface area contributed by atoms with Gasteiger partial charge in [0.2, 0.25) is 5.88 Å². The van der Waals surface area contributed by atoms with Crippen molar-refractivity contribution in [1.82, 2.24) is 9.97 Å². The van der Waals surface area contributed by atoms with Gasteiger partial charge in [-0.2, -0.15) is 4.98 Å². The smallest absolute Gasteiger partial charge is 0.242 e. The third kappa shape index (κ3) is 4.05. The predicted molar refractivity (Wildman–Crippen MR) is 75.0 cm³/mol. The van der Waals surface area contributed by atoms with E-state index in [1.807, 2.05) is 14.0 Å². The van der Waals surface area contributed by atoms with Crippen LogP contribution in [0.1, 0.15) is 33.6 Å². The molecule has 0 aliphatic carbocycles. The molecule has 1 heterocycles. The molecule has 0 bridgehead atoms. The van der Waals surface area contributed by atoms with Gasteiger partial charge in [-0.3, -0.25) is 0 Å². The monoisotopic (exact) mass is 252 g/mol. The van der Waals surface area contributed by atoms with Crippen molar-refractivity contribution >= 4 is 11.5 Å². The first-order valence-corrected chi connectivity index (χ1v) is 6.50. The molecule has 0 fully saturated rings. The SMILES string of the molecule is CCCOc1ncnc(N(C)CCC(C)C)c1N. The molecule has 0 aromatic carbocycles. The first-order valence-electron chi connectivity index (χ1n) is 6.50. The summed E-state index contributed by atoms with van der Waals surface area (Å²) in [7, 11) is 1.99. The minimum Gasteiger partial charge on any atom is -0.476 e. The Bertz CT molecular complexity index is 368. The van der Waals surface area contributed by atoms with Gasteiger partial charge in [0, 0.05) is 13.6 Å². The van der Waals surface area contributed by atoms with Crippen molar-refractivity contribution in [3.05, 3.63) is 6.33 Å². The molecule has 5 nitrogen and oxygen atoms in total. The van der Waals surface area contributed by atoms with E-state index in [-0.39, 0.29) is 0 Å². The lowest BCUT2D eigenvalue weighted by atomic mass is 10.1. The molecule has 0 amide bonds. The Hall–Kier alpha value is -1.52. The lowest BCUT2D eigenvalue weighted by Gasteiger charge is -2.21. The second kappa shape index (κ2) is 7.03. The summed E-state index contributed by atoms with van der Waals surface area (Å²) >= 11 is 0. The lowest BCUT2D eigenvalue weighted by Crippen LogP contribution is -2.22. The van der Waals surface area contributed by atoms with Gasteiger partial charge < -0.3 is 15.4 Å². The molecule has 0 atom stereocenters. The standard InChI is InChI=1S/C13H24N4O/c1-5-8-18-13-11(14)12(15-9-16-13)17(4)7-6-10(2)3/h9-10H,5-8,14H2,1-4H3. The van der Waals surface area contributed by atoms with Crippen molar-refractivity contribution in [3.8, 4) is 5.88 Å². The molecule has 0 unspecified atom stereocenters. The summed E-state index contributed by atoms with van der Waals surface area (Å²) in [6.07, 6.45) is 3.54. The van der Waals surface area contributed by atoms with Crippen LogP contribution in [0, 0.1) is 5.92 Å². The van der Waals surface area contributed by atoms with E-state index in [0.29, 0.717) is 24.1 Å². The molecule has 0 aliphatic rings. The number of hydrogen-bond acceptors (Lipinski definition) is 5. The Morgan fingerprint density at radius 3 is 2.72 bits per heavy atom. The average molecular weight is 252 g/mol. The van der Waals surface area contributed by atoms with Gasteiger partial charge in [0.05, 0.1) is 6.61 Å². The van der Waals surface area contributed by atoms with Crippen molar-refractivity contribution in [3.63, 3.8) is 0 Å². The van der Waals surface area contributed by atoms with Crippen LogP contribution in [0.5, 0.6) is 5.88 Å². The first-order chi connectivity index (χ1) is 8.56. The number of nitrogens with zero attached hydrogens (tertiary/aromatic N) is 3. The summed E-state index contributed by atoms with van der Waals surface area (Å²) in [6, 6.07) is 0. The third-order valence-electron chi connectivity index (χ3n) is 2.67. The van der Waals surface area contributed by atoms with E-state index in [2.05, 4.69) is 28.7 Å². The molecule has 5 heteroatoms. The molecular weight excluding hydrogens is 228 g/mol. The molecule has 1 aromatic rings. The summed E-state index contributed by atoms with van der Waals surface area (Å²) < 4.78 is 5.50. The molecule has 2 N–H and O–H groups in total. The van der Waals surface area contributed by atoms with Gasteiger partial charge in [0.25, 0.3) is 0 Å². The van der Waals surface area contributed by atoms with Crippen molar-refractivity contribution in [1.29, 1.82) is 0 Å². The van der Waals surface area contributed by atoms with E-state index < -0.39 is 0 Å². The number of rotatable bonds is 7. The number of hydrogen-bond donors (Lipinski definition) is 1. The van der Waals surface area contributed by atoms with E-state index in [4.69, 9.17) is 10.5 Å². The molecule has 0 spiro atoms. The number of nitrogens with two attached hydrogens (primary N) is 1. The molecule has 0 saturated carbocycles. The van der Waals surface area contributed by atoms with Crippen molar-refractivity contribution < 1.29 is 4.74 Å². The third-order valence-corrected chi connectivity index (χ3v) is 2.67. The zero-order valence-electron chi connectivity index (χ0n) is 11.8. The predicted octanol–water partition coefficient (Wildman–Crippen LogP) is 2.33. The summed E-state index contributed by atoms with van der Waals surface area (Å²) in [6.45, 7) is 8.00. The quantitative estimate of drug-likeness (QED) is 0.807. The van der Waals surface area contributed by atoms with E-state index in [1.54, 1.807) is 0 Å². The van der Waals surface area contributed by atoms with Gasteiger partial charge in [-0.15, -0.1) is 0 Å². The number of anilines is 2. The number of aromatic nitrogens is 2. The first kappa shape index (κ1) is 14.5. The lowest BCUT2D eigenvalue weighted by molar-refractivity contribution is 0.306. The topological polar surface area (TPSA) is 64.3 Å². The fourth-order valence-electron chi connectivity index (χ4n) is 1.55. The van der Waals surface area contributed by atoms with Crippen LogP contribution in [0.3, 0.4) is 0 Å². The summed E-state index contributed by atoms with van der Waals surface area (Å²) in [5.41, 5.74) is 6.56.